The van der Waals surface area contributed by atoms with E-state index in [9.17, 15) is 50.9 Å². The molecule has 2 aliphatic heterocycles. The SMILES string of the molecule is COC(=O)N(Cc1cc(C(F)(F)F)cc(C(F)(F)F)c1)[C@H]1C[C@@H](C)N(C(=O)O)c2cc3c(cc21)CCN3C(=O)O. The van der Waals surface area contributed by atoms with Gasteiger partial charge in [-0.05, 0) is 66.8 Å². The molecule has 2 aliphatic rings. The van der Waals surface area contributed by atoms with Gasteiger partial charge in [0.2, 0.25) is 0 Å². The molecule has 4 rings (SSSR count). The Bertz CT molecular complexity index is 1330. The van der Waals surface area contributed by atoms with E-state index in [0.29, 0.717) is 17.7 Å². The van der Waals surface area contributed by atoms with Crippen LogP contribution < -0.4 is 9.80 Å². The van der Waals surface area contributed by atoms with E-state index in [1.807, 2.05) is 0 Å². The molecule has 0 saturated carbocycles. The average molecular weight is 575 g/mol. The Hall–Kier alpha value is -4.17. The highest BCUT2D eigenvalue weighted by atomic mass is 19.4. The number of nitrogens with zero attached hydrogens (tertiary/aromatic N) is 3. The van der Waals surface area contributed by atoms with Gasteiger partial charge in [-0.25, -0.2) is 14.4 Å². The van der Waals surface area contributed by atoms with E-state index >= 15 is 0 Å². The van der Waals surface area contributed by atoms with Crippen molar-refractivity contribution >= 4 is 29.7 Å². The van der Waals surface area contributed by atoms with Gasteiger partial charge in [-0.1, -0.05) is 0 Å². The molecule has 2 aromatic rings. The van der Waals surface area contributed by atoms with Crippen molar-refractivity contribution in [3.05, 3.63) is 58.1 Å². The molecule has 9 nitrogen and oxygen atoms in total. The monoisotopic (exact) mass is 575 g/mol. The van der Waals surface area contributed by atoms with E-state index in [-0.39, 0.29) is 42.4 Å². The van der Waals surface area contributed by atoms with Gasteiger partial charge in [-0.15, -0.1) is 0 Å². The van der Waals surface area contributed by atoms with Crippen LogP contribution in [0.15, 0.2) is 30.3 Å². The summed E-state index contributed by atoms with van der Waals surface area (Å²) < 4.78 is 85.6. The van der Waals surface area contributed by atoms with Gasteiger partial charge in [0.15, 0.2) is 0 Å². The van der Waals surface area contributed by atoms with Crippen molar-refractivity contribution in [3.8, 4) is 0 Å². The van der Waals surface area contributed by atoms with Crippen LogP contribution in [0.3, 0.4) is 0 Å². The number of methoxy groups -OCH3 is 1. The number of anilines is 2. The maximum Gasteiger partial charge on any atom is 0.416 e. The summed E-state index contributed by atoms with van der Waals surface area (Å²) in [6.45, 7) is 0.877. The van der Waals surface area contributed by atoms with Crippen molar-refractivity contribution in [2.24, 2.45) is 0 Å². The minimum absolute atomic E-state index is 0.0216. The first-order valence-electron chi connectivity index (χ1n) is 11.8. The van der Waals surface area contributed by atoms with E-state index in [1.165, 1.54) is 19.1 Å². The molecule has 216 valence electrons. The highest BCUT2D eigenvalue weighted by molar-refractivity contribution is 5.94. The molecular weight excluding hydrogens is 552 g/mol. The summed E-state index contributed by atoms with van der Waals surface area (Å²) in [5, 5.41) is 19.4. The first-order chi connectivity index (χ1) is 18.5. The number of rotatable bonds is 3. The minimum Gasteiger partial charge on any atom is -0.465 e. The fourth-order valence-corrected chi connectivity index (χ4v) is 5.23. The molecule has 2 heterocycles. The first kappa shape index (κ1) is 28.8. The number of benzene rings is 2. The zero-order valence-corrected chi connectivity index (χ0v) is 21.0. The zero-order chi connectivity index (χ0) is 29.7. The fourth-order valence-electron chi connectivity index (χ4n) is 5.23. The number of carboxylic acid groups (broad SMARTS) is 2. The van der Waals surface area contributed by atoms with Gasteiger partial charge in [0.1, 0.15) is 0 Å². The van der Waals surface area contributed by atoms with E-state index in [2.05, 4.69) is 0 Å². The van der Waals surface area contributed by atoms with E-state index < -0.39 is 66.0 Å². The zero-order valence-electron chi connectivity index (χ0n) is 21.0. The maximum absolute atomic E-state index is 13.5. The molecule has 0 fully saturated rings. The van der Waals surface area contributed by atoms with Crippen LogP contribution in [0.4, 0.5) is 52.1 Å². The summed E-state index contributed by atoms with van der Waals surface area (Å²) in [6, 6.07) is 2.03. The van der Waals surface area contributed by atoms with Gasteiger partial charge < -0.3 is 14.9 Å². The number of carbonyl (C=O) groups is 3. The standard InChI is InChI=1S/C25H23F6N3O6/c1-12-5-19(17-8-14-3-4-32(21(35)36)18(14)10-20(17)34(12)22(37)38)33(23(39)40-2)11-13-6-15(24(26,27)28)9-16(7-13)25(29,30)31/h6-10,12,19H,3-5,11H2,1-2H3,(H,35,36)(H,37,38)/t12-,19+/m1/s1. The molecule has 0 spiro atoms. The number of hydrogen-bond acceptors (Lipinski definition) is 4. The molecule has 2 N–H and O–H groups in total. The highest BCUT2D eigenvalue weighted by Crippen LogP contribution is 2.46. The highest BCUT2D eigenvalue weighted by Gasteiger charge is 2.42. The molecule has 3 amide bonds. The molecular formula is C25H23F6N3O6. The Morgan fingerprint density at radius 2 is 1.55 bits per heavy atom. The van der Waals surface area contributed by atoms with Gasteiger partial charge in [0.05, 0.1) is 35.7 Å². The lowest BCUT2D eigenvalue weighted by Crippen LogP contribution is -2.47. The van der Waals surface area contributed by atoms with Crippen molar-refractivity contribution in [1.82, 2.24) is 4.90 Å². The topological polar surface area (TPSA) is 111 Å². The smallest absolute Gasteiger partial charge is 0.416 e. The quantitative estimate of drug-likeness (QED) is 0.413. The largest absolute Gasteiger partial charge is 0.465 e. The van der Waals surface area contributed by atoms with Crippen LogP contribution in [0, 0.1) is 0 Å². The summed E-state index contributed by atoms with van der Waals surface area (Å²) in [7, 11) is 0.993. The summed E-state index contributed by atoms with van der Waals surface area (Å²) in [6.07, 6.45) is -13.7. The lowest BCUT2D eigenvalue weighted by molar-refractivity contribution is -0.143. The number of alkyl halides is 6. The molecule has 15 heteroatoms. The molecule has 2 atom stereocenters. The van der Waals surface area contributed by atoms with Crippen LogP contribution in [-0.4, -0.2) is 53.1 Å². The third-order valence-corrected chi connectivity index (χ3v) is 6.97. The van der Waals surface area contributed by atoms with Crippen molar-refractivity contribution in [2.45, 2.75) is 50.7 Å². The number of carbonyl (C=O) groups excluding carboxylic acids is 1. The Labute approximate surface area is 223 Å². The summed E-state index contributed by atoms with van der Waals surface area (Å²) >= 11 is 0. The van der Waals surface area contributed by atoms with E-state index in [1.54, 1.807) is 0 Å². The van der Waals surface area contributed by atoms with Crippen LogP contribution >= 0.6 is 0 Å². The lowest BCUT2D eigenvalue weighted by Gasteiger charge is -2.42. The second kappa shape index (κ2) is 10.1. The molecule has 0 aliphatic carbocycles. The number of hydrogen-bond donors (Lipinski definition) is 2. The predicted molar refractivity (Wildman–Crippen MR) is 127 cm³/mol. The van der Waals surface area contributed by atoms with Gasteiger partial charge in [-0.3, -0.25) is 14.7 Å². The predicted octanol–water partition coefficient (Wildman–Crippen LogP) is 6.35. The molecule has 0 unspecified atom stereocenters. The molecule has 0 saturated heterocycles. The van der Waals surface area contributed by atoms with Crippen molar-refractivity contribution in [1.29, 1.82) is 0 Å². The fraction of sp³-hybridized carbons (Fsp3) is 0.400. The second-order valence-corrected chi connectivity index (χ2v) is 9.49. The van der Waals surface area contributed by atoms with Crippen molar-refractivity contribution in [2.75, 3.05) is 23.5 Å². The molecule has 2 aromatic carbocycles. The Kier molecular flexibility index (Phi) is 7.28. The maximum atomic E-state index is 13.5. The lowest BCUT2D eigenvalue weighted by atomic mass is 9.88. The average Bonchev–Trinajstić information content (AvgIpc) is 3.27. The van der Waals surface area contributed by atoms with Crippen molar-refractivity contribution < 1.29 is 55.7 Å². The Balaban J connectivity index is 1.86. The number of halogens is 6. The molecule has 0 radical (unpaired) electrons. The first-order valence-corrected chi connectivity index (χ1v) is 11.8. The number of ether oxygens (including phenoxy) is 1. The van der Waals surface area contributed by atoms with Crippen LogP contribution in [0.1, 0.15) is 47.2 Å². The Morgan fingerprint density at radius 1 is 0.950 bits per heavy atom. The Morgan fingerprint density at radius 3 is 2.05 bits per heavy atom. The van der Waals surface area contributed by atoms with Gasteiger partial charge in [-0.2, -0.15) is 26.3 Å². The normalized spacial score (nSPS) is 18.7. The summed E-state index contributed by atoms with van der Waals surface area (Å²) in [5.41, 5.74) is -2.54. The van der Waals surface area contributed by atoms with Crippen molar-refractivity contribution in [3.63, 3.8) is 0 Å². The van der Waals surface area contributed by atoms with E-state index in [0.717, 1.165) is 21.8 Å². The number of fused-ring (bicyclic) bond motifs is 2. The van der Waals surface area contributed by atoms with E-state index in [4.69, 9.17) is 4.74 Å². The van der Waals surface area contributed by atoms with Crippen LogP contribution in [0.25, 0.3) is 0 Å². The molecule has 40 heavy (non-hydrogen) atoms. The van der Waals surface area contributed by atoms with Crippen LogP contribution in [0.2, 0.25) is 0 Å². The van der Waals surface area contributed by atoms with Gasteiger partial charge in [0.25, 0.3) is 0 Å². The third kappa shape index (κ3) is 5.31. The minimum atomic E-state index is -5.10. The van der Waals surface area contributed by atoms with Crippen LogP contribution in [0.5, 0.6) is 0 Å². The van der Waals surface area contributed by atoms with Crippen LogP contribution in [-0.2, 0) is 30.1 Å². The third-order valence-electron chi connectivity index (χ3n) is 6.97. The molecule has 0 bridgehead atoms. The van der Waals surface area contributed by atoms with Gasteiger partial charge >= 0.3 is 30.6 Å². The number of amides is 3. The molecule has 0 aromatic heterocycles. The second-order valence-electron chi connectivity index (χ2n) is 9.49. The van der Waals surface area contributed by atoms with Gasteiger partial charge in [0, 0.05) is 19.1 Å². The summed E-state index contributed by atoms with van der Waals surface area (Å²) in [5.74, 6) is 0. The summed E-state index contributed by atoms with van der Waals surface area (Å²) in [4.78, 5) is 39.7.